The highest BCUT2D eigenvalue weighted by Gasteiger charge is 2.19. The minimum absolute atomic E-state index is 0.0437. The second-order valence-electron chi connectivity index (χ2n) is 7.53. The number of benzene rings is 2. The number of rotatable bonds is 9. The maximum atomic E-state index is 12.3. The SMILES string of the molecule is O=c1scc(O)n1C(CCc1ccncc1)COc1ccc(-c2cc([N+](=O)[O-])ccc2Cl)cc1. The molecule has 1 atom stereocenters. The number of non-ortho nitro benzene ring substituents is 1. The van der Waals surface area contributed by atoms with Gasteiger partial charge in [-0.15, -0.1) is 0 Å². The molecule has 0 saturated heterocycles. The van der Waals surface area contributed by atoms with Gasteiger partial charge >= 0.3 is 4.87 Å². The van der Waals surface area contributed by atoms with Crippen molar-refractivity contribution in [3.63, 3.8) is 0 Å². The van der Waals surface area contributed by atoms with E-state index >= 15 is 0 Å². The zero-order valence-electron chi connectivity index (χ0n) is 17.8. The number of pyridine rings is 1. The molecule has 0 amide bonds. The molecule has 174 valence electrons. The van der Waals surface area contributed by atoms with Gasteiger partial charge in [-0.05, 0) is 54.3 Å². The lowest BCUT2D eigenvalue weighted by Crippen LogP contribution is -2.25. The van der Waals surface area contributed by atoms with E-state index in [0.29, 0.717) is 34.7 Å². The first-order chi connectivity index (χ1) is 16.4. The summed E-state index contributed by atoms with van der Waals surface area (Å²) in [5.74, 6) is 0.468. The third-order valence-corrected chi connectivity index (χ3v) is 6.41. The molecule has 2 aromatic heterocycles. The molecule has 4 aromatic rings. The van der Waals surface area contributed by atoms with Gasteiger partial charge in [0.2, 0.25) is 5.88 Å². The van der Waals surface area contributed by atoms with Crippen molar-refractivity contribution in [3.8, 4) is 22.8 Å². The standard InChI is InChI=1S/C24H20ClN3O5S/c25-22-8-5-18(28(31)32)13-21(22)17-2-6-20(7-3-17)33-14-19(27-23(29)15-34-24(27)30)4-1-16-9-11-26-12-10-16/h2-3,5-13,15,19,29H,1,4,14H2. The maximum absolute atomic E-state index is 12.3. The van der Waals surface area contributed by atoms with E-state index in [1.165, 1.54) is 28.1 Å². The van der Waals surface area contributed by atoms with E-state index in [0.717, 1.165) is 16.9 Å². The normalized spacial score (nSPS) is 11.8. The van der Waals surface area contributed by atoms with Gasteiger partial charge < -0.3 is 9.84 Å². The molecule has 8 nitrogen and oxygen atoms in total. The van der Waals surface area contributed by atoms with Crippen LogP contribution in [0.25, 0.3) is 11.1 Å². The van der Waals surface area contributed by atoms with Crippen LogP contribution in [0.4, 0.5) is 5.69 Å². The lowest BCUT2D eigenvalue weighted by molar-refractivity contribution is -0.384. The number of aryl methyl sites for hydroxylation is 1. The summed E-state index contributed by atoms with van der Waals surface area (Å²) in [5, 5.41) is 23.1. The zero-order chi connectivity index (χ0) is 24.1. The fraction of sp³-hybridized carbons (Fsp3) is 0.167. The molecule has 0 saturated carbocycles. The average molecular weight is 498 g/mol. The second kappa shape index (κ2) is 10.5. The van der Waals surface area contributed by atoms with Crippen LogP contribution in [0.1, 0.15) is 18.0 Å². The van der Waals surface area contributed by atoms with Crippen molar-refractivity contribution >= 4 is 28.6 Å². The van der Waals surface area contributed by atoms with Gasteiger partial charge in [0.1, 0.15) is 12.4 Å². The van der Waals surface area contributed by atoms with Crippen LogP contribution in [0.3, 0.4) is 0 Å². The molecule has 0 bridgehead atoms. The minimum atomic E-state index is -0.467. The third kappa shape index (κ3) is 5.44. The Morgan fingerprint density at radius 2 is 1.88 bits per heavy atom. The number of ether oxygens (including phenoxy) is 1. The van der Waals surface area contributed by atoms with Gasteiger partial charge in [-0.25, -0.2) is 0 Å². The highest BCUT2D eigenvalue weighted by molar-refractivity contribution is 7.07. The van der Waals surface area contributed by atoms with Gasteiger partial charge in [0.05, 0.1) is 16.3 Å². The second-order valence-corrected chi connectivity index (χ2v) is 8.76. The first-order valence-electron chi connectivity index (χ1n) is 10.4. The first kappa shape index (κ1) is 23.5. The van der Waals surface area contributed by atoms with E-state index in [2.05, 4.69) is 4.98 Å². The largest absolute Gasteiger partial charge is 0.494 e. The quantitative estimate of drug-likeness (QED) is 0.242. The van der Waals surface area contributed by atoms with Crippen molar-refractivity contribution in [3.05, 3.63) is 103 Å². The van der Waals surface area contributed by atoms with Gasteiger partial charge in [-0.2, -0.15) is 0 Å². The highest BCUT2D eigenvalue weighted by Crippen LogP contribution is 2.32. The van der Waals surface area contributed by atoms with Crippen LogP contribution in [0.2, 0.25) is 5.02 Å². The molecule has 1 N–H and O–H groups in total. The molecule has 0 aliphatic heterocycles. The molecule has 0 aliphatic rings. The molecule has 2 heterocycles. The van der Waals surface area contributed by atoms with Gasteiger partial charge in [-0.3, -0.25) is 24.5 Å². The lowest BCUT2D eigenvalue weighted by Gasteiger charge is -2.19. The van der Waals surface area contributed by atoms with Crippen LogP contribution in [-0.2, 0) is 6.42 Å². The topological polar surface area (TPSA) is 107 Å². The number of nitrogens with zero attached hydrogens (tertiary/aromatic N) is 3. The number of thiazole rings is 1. The Bertz CT molecular complexity index is 1340. The fourth-order valence-corrected chi connectivity index (χ4v) is 4.49. The summed E-state index contributed by atoms with van der Waals surface area (Å²) in [7, 11) is 0. The fourth-order valence-electron chi connectivity index (χ4n) is 3.59. The van der Waals surface area contributed by atoms with Crippen molar-refractivity contribution in [1.29, 1.82) is 0 Å². The predicted octanol–water partition coefficient (Wildman–Crippen LogP) is 5.49. The highest BCUT2D eigenvalue weighted by atomic mass is 35.5. The summed E-state index contributed by atoms with van der Waals surface area (Å²) in [6.45, 7) is 0.173. The van der Waals surface area contributed by atoms with Crippen molar-refractivity contribution in [1.82, 2.24) is 9.55 Å². The van der Waals surface area contributed by atoms with Crippen molar-refractivity contribution in [2.75, 3.05) is 6.61 Å². The van der Waals surface area contributed by atoms with Crippen LogP contribution >= 0.6 is 22.9 Å². The number of nitro groups is 1. The number of halogens is 1. The van der Waals surface area contributed by atoms with Crippen LogP contribution in [0.15, 0.2) is 77.2 Å². The van der Waals surface area contributed by atoms with E-state index < -0.39 is 4.92 Å². The van der Waals surface area contributed by atoms with Gasteiger partial charge in [0.15, 0.2) is 0 Å². The molecular formula is C24H20ClN3O5S. The summed E-state index contributed by atoms with van der Waals surface area (Å²) >= 11 is 7.18. The Hall–Kier alpha value is -3.69. The number of aromatic hydroxyl groups is 1. The minimum Gasteiger partial charge on any atom is -0.494 e. The molecule has 4 rings (SSSR count). The Morgan fingerprint density at radius 3 is 2.53 bits per heavy atom. The van der Waals surface area contributed by atoms with E-state index in [1.54, 1.807) is 36.7 Å². The molecule has 1 unspecified atom stereocenters. The zero-order valence-corrected chi connectivity index (χ0v) is 19.4. The first-order valence-corrected chi connectivity index (χ1v) is 11.6. The summed E-state index contributed by atoms with van der Waals surface area (Å²) < 4.78 is 7.30. The van der Waals surface area contributed by atoms with Crippen LogP contribution < -0.4 is 9.61 Å². The molecule has 34 heavy (non-hydrogen) atoms. The Kier molecular flexibility index (Phi) is 7.24. The molecule has 2 aromatic carbocycles. The number of nitro benzene ring substituents is 1. The van der Waals surface area contributed by atoms with Gasteiger partial charge in [0.25, 0.3) is 5.69 Å². The third-order valence-electron chi connectivity index (χ3n) is 5.36. The Balaban J connectivity index is 1.50. The van der Waals surface area contributed by atoms with Crippen molar-refractivity contribution in [2.45, 2.75) is 18.9 Å². The molecule has 0 fully saturated rings. The molecule has 0 spiro atoms. The van der Waals surface area contributed by atoms with Gasteiger partial charge in [0, 0.05) is 35.1 Å². The maximum Gasteiger partial charge on any atom is 0.310 e. The summed E-state index contributed by atoms with van der Waals surface area (Å²) in [5.41, 5.74) is 2.29. The van der Waals surface area contributed by atoms with Gasteiger partial charge in [-0.1, -0.05) is 35.1 Å². The average Bonchev–Trinajstić information content (AvgIpc) is 3.18. The smallest absolute Gasteiger partial charge is 0.310 e. The van der Waals surface area contributed by atoms with E-state index in [4.69, 9.17) is 16.3 Å². The summed E-state index contributed by atoms with van der Waals surface area (Å²) in [4.78, 5) is 26.7. The molecule has 0 radical (unpaired) electrons. The number of hydrogen-bond donors (Lipinski definition) is 1. The summed E-state index contributed by atoms with van der Waals surface area (Å²) in [6.07, 6.45) is 4.69. The monoisotopic (exact) mass is 497 g/mol. The number of aromatic nitrogens is 2. The lowest BCUT2D eigenvalue weighted by atomic mass is 10.0. The molecule has 0 aliphatic carbocycles. The van der Waals surface area contributed by atoms with E-state index in [1.807, 2.05) is 12.1 Å². The van der Waals surface area contributed by atoms with Crippen LogP contribution in [0.5, 0.6) is 11.6 Å². The van der Waals surface area contributed by atoms with Crippen LogP contribution in [0, 0.1) is 10.1 Å². The summed E-state index contributed by atoms with van der Waals surface area (Å²) in [6, 6.07) is 14.7. The molecule has 10 heteroatoms. The van der Waals surface area contributed by atoms with E-state index in [9.17, 15) is 20.0 Å². The van der Waals surface area contributed by atoms with E-state index in [-0.39, 0.29) is 29.1 Å². The van der Waals surface area contributed by atoms with Crippen molar-refractivity contribution < 1.29 is 14.8 Å². The number of hydrogen-bond acceptors (Lipinski definition) is 7. The van der Waals surface area contributed by atoms with Crippen LogP contribution in [-0.4, -0.2) is 26.2 Å². The Labute approximate surface area is 203 Å². The Morgan fingerprint density at radius 1 is 1.15 bits per heavy atom. The molecular weight excluding hydrogens is 478 g/mol. The predicted molar refractivity (Wildman–Crippen MR) is 131 cm³/mol. The van der Waals surface area contributed by atoms with Crippen molar-refractivity contribution in [2.24, 2.45) is 0 Å².